The molecule has 2 aromatic rings. The summed E-state index contributed by atoms with van der Waals surface area (Å²) in [5, 5.41) is 2.95. The Labute approximate surface area is 156 Å². The van der Waals surface area contributed by atoms with Crippen LogP contribution >= 0.6 is 15.9 Å². The van der Waals surface area contributed by atoms with Crippen molar-refractivity contribution >= 4 is 21.8 Å². The standard InChI is InChI=1S/C20H22BrFN2O/c21-19-12-17(22)8-9-18(19)20(25)23-13-15-6-2-3-7-16(15)14-24-10-4-1-5-11-24/h2-3,6-9,12H,1,4-5,10-11,13-14H2,(H,23,25)/p+1. The lowest BCUT2D eigenvalue weighted by molar-refractivity contribution is -0.918. The van der Waals surface area contributed by atoms with Gasteiger partial charge >= 0.3 is 0 Å². The van der Waals surface area contributed by atoms with E-state index in [0.717, 1.165) is 12.1 Å². The second-order valence-corrected chi connectivity index (χ2v) is 7.42. The number of quaternary nitrogens is 1. The lowest BCUT2D eigenvalue weighted by Crippen LogP contribution is -3.11. The smallest absolute Gasteiger partial charge is 0.252 e. The third-order valence-electron chi connectivity index (χ3n) is 4.73. The first-order chi connectivity index (χ1) is 12.1. The molecule has 1 amide bonds. The van der Waals surface area contributed by atoms with Crippen LogP contribution in [0.25, 0.3) is 0 Å². The minimum atomic E-state index is -0.363. The normalized spacial score (nSPS) is 15.1. The van der Waals surface area contributed by atoms with E-state index in [1.54, 1.807) is 4.90 Å². The summed E-state index contributed by atoms with van der Waals surface area (Å²) in [4.78, 5) is 14.0. The van der Waals surface area contributed by atoms with E-state index in [-0.39, 0.29) is 11.7 Å². The zero-order chi connectivity index (χ0) is 17.6. The molecule has 1 aliphatic rings. The molecule has 132 valence electrons. The van der Waals surface area contributed by atoms with E-state index < -0.39 is 0 Å². The molecule has 1 saturated heterocycles. The van der Waals surface area contributed by atoms with Crippen molar-refractivity contribution in [2.24, 2.45) is 0 Å². The number of piperidine rings is 1. The maximum atomic E-state index is 13.2. The molecule has 0 spiro atoms. The van der Waals surface area contributed by atoms with Crippen molar-refractivity contribution < 1.29 is 14.1 Å². The highest BCUT2D eigenvalue weighted by atomic mass is 79.9. The van der Waals surface area contributed by atoms with Crippen molar-refractivity contribution in [3.05, 3.63) is 69.4 Å². The molecular weight excluding hydrogens is 383 g/mol. The molecule has 0 unspecified atom stereocenters. The Morgan fingerprint density at radius 3 is 2.52 bits per heavy atom. The van der Waals surface area contributed by atoms with E-state index in [4.69, 9.17) is 0 Å². The fourth-order valence-electron chi connectivity index (χ4n) is 3.34. The van der Waals surface area contributed by atoms with Crippen molar-refractivity contribution in [1.82, 2.24) is 5.32 Å². The number of carbonyl (C=O) groups excluding carboxylic acids is 1. The Hall–Kier alpha value is -1.72. The molecule has 1 fully saturated rings. The van der Waals surface area contributed by atoms with Gasteiger partial charge in [-0.25, -0.2) is 4.39 Å². The predicted octanol–water partition coefficient (Wildman–Crippen LogP) is 3.09. The van der Waals surface area contributed by atoms with Crippen molar-refractivity contribution in [2.75, 3.05) is 13.1 Å². The van der Waals surface area contributed by atoms with Gasteiger partial charge in [0.1, 0.15) is 12.4 Å². The number of hydrogen-bond donors (Lipinski definition) is 2. The highest BCUT2D eigenvalue weighted by molar-refractivity contribution is 9.10. The summed E-state index contributed by atoms with van der Waals surface area (Å²) in [5.74, 6) is -0.565. The van der Waals surface area contributed by atoms with Crippen LogP contribution in [0, 0.1) is 5.82 Å². The molecule has 2 N–H and O–H groups in total. The molecule has 2 aromatic carbocycles. The molecule has 3 rings (SSSR count). The average molecular weight is 406 g/mol. The molecule has 3 nitrogen and oxygen atoms in total. The van der Waals surface area contributed by atoms with Gasteiger partial charge in [0, 0.05) is 16.6 Å². The highest BCUT2D eigenvalue weighted by Crippen LogP contribution is 2.18. The molecule has 5 heteroatoms. The van der Waals surface area contributed by atoms with Crippen LogP contribution in [0.1, 0.15) is 40.7 Å². The topological polar surface area (TPSA) is 33.5 Å². The number of amides is 1. The van der Waals surface area contributed by atoms with Gasteiger partial charge < -0.3 is 10.2 Å². The van der Waals surface area contributed by atoms with E-state index in [0.29, 0.717) is 16.6 Å². The Balaban J connectivity index is 1.65. The maximum Gasteiger partial charge on any atom is 0.252 e. The quantitative estimate of drug-likeness (QED) is 0.787. The Kier molecular flexibility index (Phi) is 6.21. The first kappa shape index (κ1) is 18.1. The first-order valence-electron chi connectivity index (χ1n) is 8.77. The molecular formula is C20H23BrFN2O+. The molecule has 1 aliphatic heterocycles. The van der Waals surface area contributed by atoms with Crippen LogP contribution in [-0.4, -0.2) is 19.0 Å². The third kappa shape index (κ3) is 4.89. The zero-order valence-corrected chi connectivity index (χ0v) is 15.7. The first-order valence-corrected chi connectivity index (χ1v) is 9.56. The second kappa shape index (κ2) is 8.59. The summed E-state index contributed by atoms with van der Waals surface area (Å²) in [6.45, 7) is 3.94. The van der Waals surface area contributed by atoms with E-state index in [1.165, 1.54) is 56.1 Å². The average Bonchev–Trinajstić information content (AvgIpc) is 2.61. The van der Waals surface area contributed by atoms with Gasteiger partial charge in [0.2, 0.25) is 0 Å². The van der Waals surface area contributed by atoms with Gasteiger partial charge in [-0.2, -0.15) is 0 Å². The van der Waals surface area contributed by atoms with Gasteiger partial charge in [-0.05, 0) is 59.0 Å². The van der Waals surface area contributed by atoms with Crippen LogP contribution < -0.4 is 10.2 Å². The minimum Gasteiger partial charge on any atom is -0.348 e. The molecule has 0 aliphatic carbocycles. The van der Waals surface area contributed by atoms with Gasteiger partial charge in [-0.1, -0.05) is 24.3 Å². The summed E-state index contributed by atoms with van der Waals surface area (Å²) in [5.41, 5.74) is 2.88. The fourth-order valence-corrected chi connectivity index (χ4v) is 3.88. The molecule has 0 atom stereocenters. The van der Waals surface area contributed by atoms with Gasteiger partial charge in [0.25, 0.3) is 5.91 Å². The summed E-state index contributed by atoms with van der Waals surface area (Å²) >= 11 is 3.25. The predicted molar refractivity (Wildman–Crippen MR) is 100.0 cm³/mol. The van der Waals surface area contributed by atoms with E-state index in [1.807, 2.05) is 6.07 Å². The molecule has 0 saturated carbocycles. The number of carbonyl (C=O) groups is 1. The molecule has 1 heterocycles. The van der Waals surface area contributed by atoms with Crippen LogP contribution in [-0.2, 0) is 13.1 Å². The van der Waals surface area contributed by atoms with Gasteiger partial charge in [-0.3, -0.25) is 4.79 Å². The summed E-state index contributed by atoms with van der Waals surface area (Å²) in [6, 6.07) is 12.4. The highest BCUT2D eigenvalue weighted by Gasteiger charge is 2.16. The van der Waals surface area contributed by atoms with Crippen LogP contribution in [0.3, 0.4) is 0 Å². The summed E-state index contributed by atoms with van der Waals surface area (Å²) in [7, 11) is 0. The SMILES string of the molecule is O=C(NCc1ccccc1C[NH+]1CCCCC1)c1ccc(F)cc1Br. The monoisotopic (exact) mass is 405 g/mol. The largest absolute Gasteiger partial charge is 0.348 e. The number of halogens is 2. The zero-order valence-electron chi connectivity index (χ0n) is 14.2. The lowest BCUT2D eigenvalue weighted by atomic mass is 10.0. The Bertz CT molecular complexity index is 744. The number of hydrogen-bond acceptors (Lipinski definition) is 1. The molecule has 0 radical (unpaired) electrons. The Morgan fingerprint density at radius 2 is 1.80 bits per heavy atom. The number of rotatable bonds is 5. The molecule has 0 bridgehead atoms. The lowest BCUT2D eigenvalue weighted by Gasteiger charge is -2.24. The van der Waals surface area contributed by atoms with Crippen molar-refractivity contribution in [2.45, 2.75) is 32.4 Å². The van der Waals surface area contributed by atoms with Gasteiger partial charge in [0.05, 0.1) is 18.7 Å². The van der Waals surface area contributed by atoms with Crippen molar-refractivity contribution in [1.29, 1.82) is 0 Å². The van der Waals surface area contributed by atoms with Crippen LogP contribution in [0.2, 0.25) is 0 Å². The number of nitrogens with one attached hydrogen (secondary N) is 2. The van der Waals surface area contributed by atoms with Crippen molar-refractivity contribution in [3.63, 3.8) is 0 Å². The van der Waals surface area contributed by atoms with Crippen LogP contribution in [0.15, 0.2) is 46.9 Å². The van der Waals surface area contributed by atoms with E-state index in [2.05, 4.69) is 39.4 Å². The van der Waals surface area contributed by atoms with Gasteiger partial charge in [0.15, 0.2) is 0 Å². The third-order valence-corrected chi connectivity index (χ3v) is 5.39. The van der Waals surface area contributed by atoms with Crippen LogP contribution in [0.5, 0.6) is 0 Å². The summed E-state index contributed by atoms with van der Waals surface area (Å²) in [6.07, 6.45) is 3.94. The second-order valence-electron chi connectivity index (χ2n) is 6.56. The molecule has 25 heavy (non-hydrogen) atoms. The van der Waals surface area contributed by atoms with Crippen LogP contribution in [0.4, 0.5) is 4.39 Å². The maximum absolute atomic E-state index is 13.2. The summed E-state index contributed by atoms with van der Waals surface area (Å²) < 4.78 is 13.6. The van der Waals surface area contributed by atoms with E-state index >= 15 is 0 Å². The number of benzene rings is 2. The van der Waals surface area contributed by atoms with E-state index in [9.17, 15) is 9.18 Å². The minimum absolute atomic E-state index is 0.202. The molecule has 0 aromatic heterocycles. The van der Waals surface area contributed by atoms with Crippen molar-refractivity contribution in [3.8, 4) is 0 Å². The fraction of sp³-hybridized carbons (Fsp3) is 0.350. The number of likely N-dealkylation sites (tertiary alicyclic amines) is 1. The van der Waals surface area contributed by atoms with Gasteiger partial charge in [-0.15, -0.1) is 0 Å². The Morgan fingerprint density at radius 1 is 1.08 bits per heavy atom.